The molecule has 0 heterocycles. The van der Waals surface area contributed by atoms with Gasteiger partial charge in [0, 0.05) is 6.04 Å². The van der Waals surface area contributed by atoms with Crippen molar-refractivity contribution in [1.82, 2.24) is 0 Å². The van der Waals surface area contributed by atoms with Gasteiger partial charge in [0.1, 0.15) is 0 Å². The van der Waals surface area contributed by atoms with E-state index in [2.05, 4.69) is 29.6 Å². The highest BCUT2D eigenvalue weighted by Crippen LogP contribution is 2.28. The Hall–Kier alpha value is -2.00. The summed E-state index contributed by atoms with van der Waals surface area (Å²) in [5.74, 6) is -0.963. The first-order chi connectivity index (χ1) is 10.1. The Labute approximate surface area is 128 Å². The fourth-order valence-electron chi connectivity index (χ4n) is 2.81. The Bertz CT molecular complexity index is 684. The smallest absolute Gasteiger partial charge is 0.335 e. The molecule has 0 spiro atoms. The van der Waals surface area contributed by atoms with Crippen LogP contribution in [0, 0.1) is 0 Å². The highest BCUT2D eigenvalue weighted by Gasteiger charge is 2.19. The molecule has 0 bridgehead atoms. The van der Waals surface area contributed by atoms with Crippen LogP contribution >= 0.6 is 11.6 Å². The molecule has 0 amide bonds. The summed E-state index contributed by atoms with van der Waals surface area (Å²) in [5.41, 5.74) is 3.80. The average molecular weight is 302 g/mol. The molecule has 0 aromatic heterocycles. The van der Waals surface area contributed by atoms with Crippen molar-refractivity contribution in [3.63, 3.8) is 0 Å². The molecule has 2 N–H and O–H groups in total. The van der Waals surface area contributed by atoms with Crippen LogP contribution in [0.4, 0.5) is 5.69 Å². The normalized spacial score (nSPS) is 17.1. The van der Waals surface area contributed by atoms with Gasteiger partial charge in [-0.1, -0.05) is 35.9 Å². The van der Waals surface area contributed by atoms with Gasteiger partial charge in [-0.3, -0.25) is 0 Å². The average Bonchev–Trinajstić information content (AvgIpc) is 2.49. The lowest BCUT2D eigenvalue weighted by molar-refractivity contribution is 0.0697. The summed E-state index contributed by atoms with van der Waals surface area (Å²) >= 11 is 6.17. The van der Waals surface area contributed by atoms with Gasteiger partial charge < -0.3 is 10.4 Å². The molecule has 108 valence electrons. The van der Waals surface area contributed by atoms with Crippen molar-refractivity contribution in [2.75, 3.05) is 5.32 Å². The third kappa shape index (κ3) is 3.03. The number of anilines is 1. The van der Waals surface area contributed by atoms with Crippen molar-refractivity contribution in [3.05, 3.63) is 64.2 Å². The lowest BCUT2D eigenvalue weighted by atomic mass is 9.88. The second-order valence-electron chi connectivity index (χ2n) is 5.35. The molecule has 2 aromatic carbocycles. The summed E-state index contributed by atoms with van der Waals surface area (Å²) in [6, 6.07) is 13.6. The maximum Gasteiger partial charge on any atom is 0.335 e. The first-order valence-corrected chi connectivity index (χ1v) is 7.37. The zero-order chi connectivity index (χ0) is 14.8. The highest BCUT2D eigenvalue weighted by atomic mass is 35.5. The van der Waals surface area contributed by atoms with Crippen molar-refractivity contribution in [3.8, 4) is 0 Å². The van der Waals surface area contributed by atoms with Crippen LogP contribution in [0.1, 0.15) is 27.9 Å². The van der Waals surface area contributed by atoms with E-state index in [0.717, 1.165) is 24.9 Å². The first kappa shape index (κ1) is 14.0. The third-order valence-corrected chi connectivity index (χ3v) is 4.24. The Kier molecular flexibility index (Phi) is 3.84. The second kappa shape index (κ2) is 5.78. The van der Waals surface area contributed by atoms with Crippen LogP contribution in [0.5, 0.6) is 0 Å². The van der Waals surface area contributed by atoms with E-state index in [-0.39, 0.29) is 5.56 Å². The number of hydrogen-bond donors (Lipinski definition) is 2. The maximum atomic E-state index is 10.9. The number of carboxylic acid groups (broad SMARTS) is 1. The van der Waals surface area contributed by atoms with Crippen LogP contribution in [0.2, 0.25) is 5.02 Å². The van der Waals surface area contributed by atoms with Crippen LogP contribution in [0.25, 0.3) is 0 Å². The summed E-state index contributed by atoms with van der Waals surface area (Å²) in [6.07, 6.45) is 3.07. The molecule has 2 aromatic rings. The molecule has 1 unspecified atom stereocenters. The Balaban J connectivity index is 1.75. The molecule has 0 saturated heterocycles. The number of hydrogen-bond acceptors (Lipinski definition) is 2. The molecule has 3 rings (SSSR count). The number of benzene rings is 2. The van der Waals surface area contributed by atoms with E-state index in [9.17, 15) is 4.79 Å². The van der Waals surface area contributed by atoms with E-state index in [1.54, 1.807) is 12.1 Å². The number of fused-ring (bicyclic) bond motifs is 1. The van der Waals surface area contributed by atoms with E-state index in [1.165, 1.54) is 17.2 Å². The van der Waals surface area contributed by atoms with Crippen molar-refractivity contribution >= 4 is 23.3 Å². The number of aryl methyl sites for hydroxylation is 1. The van der Waals surface area contributed by atoms with Gasteiger partial charge in [-0.25, -0.2) is 4.79 Å². The summed E-state index contributed by atoms with van der Waals surface area (Å²) in [6.45, 7) is 0. The number of carbonyl (C=O) groups is 1. The Morgan fingerprint density at radius 2 is 1.95 bits per heavy atom. The first-order valence-electron chi connectivity index (χ1n) is 6.99. The van der Waals surface area contributed by atoms with E-state index >= 15 is 0 Å². The van der Waals surface area contributed by atoms with Crippen LogP contribution in [-0.2, 0) is 12.8 Å². The van der Waals surface area contributed by atoms with E-state index in [1.807, 2.05) is 0 Å². The zero-order valence-electron chi connectivity index (χ0n) is 11.5. The number of carboxylic acids is 1. The summed E-state index contributed by atoms with van der Waals surface area (Å²) < 4.78 is 0. The number of halogens is 1. The molecule has 1 aliphatic carbocycles. The molecule has 0 fully saturated rings. The highest BCUT2D eigenvalue weighted by molar-refractivity contribution is 6.33. The minimum absolute atomic E-state index is 0.208. The standard InChI is InChI=1S/C17H16ClNO2/c18-15-10-13(17(20)21)6-8-16(15)19-14-7-5-11-3-1-2-4-12(11)9-14/h1-4,6,8,10,14,19H,5,7,9H2,(H,20,21). The summed E-state index contributed by atoms with van der Waals surface area (Å²) in [5, 5.41) is 12.8. The van der Waals surface area contributed by atoms with Gasteiger partial charge in [-0.15, -0.1) is 0 Å². The topological polar surface area (TPSA) is 49.3 Å². The number of rotatable bonds is 3. The molecule has 0 saturated carbocycles. The molecule has 3 nitrogen and oxygen atoms in total. The predicted molar refractivity (Wildman–Crippen MR) is 84.3 cm³/mol. The maximum absolute atomic E-state index is 10.9. The Morgan fingerprint density at radius 1 is 1.19 bits per heavy atom. The molecule has 4 heteroatoms. The van der Waals surface area contributed by atoms with Gasteiger partial charge in [0.2, 0.25) is 0 Å². The van der Waals surface area contributed by atoms with Gasteiger partial charge in [0.05, 0.1) is 16.3 Å². The zero-order valence-corrected chi connectivity index (χ0v) is 12.2. The van der Waals surface area contributed by atoms with E-state index in [0.29, 0.717) is 11.1 Å². The molecule has 1 aliphatic rings. The lowest BCUT2D eigenvalue weighted by Crippen LogP contribution is -2.27. The van der Waals surface area contributed by atoms with Gasteiger partial charge in [0.25, 0.3) is 0 Å². The molecular weight excluding hydrogens is 286 g/mol. The second-order valence-corrected chi connectivity index (χ2v) is 5.76. The fraction of sp³-hybridized carbons (Fsp3) is 0.235. The van der Waals surface area contributed by atoms with Crippen LogP contribution in [-0.4, -0.2) is 17.1 Å². The van der Waals surface area contributed by atoms with Crippen LogP contribution < -0.4 is 5.32 Å². The van der Waals surface area contributed by atoms with Crippen molar-refractivity contribution in [2.45, 2.75) is 25.3 Å². The molecule has 0 radical (unpaired) electrons. The summed E-state index contributed by atoms with van der Waals surface area (Å²) in [7, 11) is 0. The van der Waals surface area contributed by atoms with Crippen molar-refractivity contribution in [2.24, 2.45) is 0 Å². The van der Waals surface area contributed by atoms with E-state index < -0.39 is 5.97 Å². The third-order valence-electron chi connectivity index (χ3n) is 3.92. The van der Waals surface area contributed by atoms with Gasteiger partial charge >= 0.3 is 5.97 Å². The van der Waals surface area contributed by atoms with Gasteiger partial charge in [0.15, 0.2) is 0 Å². The molecule has 1 atom stereocenters. The molecular formula is C17H16ClNO2. The Morgan fingerprint density at radius 3 is 2.67 bits per heavy atom. The van der Waals surface area contributed by atoms with Gasteiger partial charge in [-0.05, 0) is 48.6 Å². The SMILES string of the molecule is O=C(O)c1ccc(NC2CCc3ccccc3C2)c(Cl)c1. The van der Waals surface area contributed by atoms with Crippen molar-refractivity contribution in [1.29, 1.82) is 0 Å². The quantitative estimate of drug-likeness (QED) is 0.900. The van der Waals surface area contributed by atoms with Crippen LogP contribution in [0.3, 0.4) is 0 Å². The number of aromatic carboxylic acids is 1. The fourth-order valence-corrected chi connectivity index (χ4v) is 3.04. The minimum Gasteiger partial charge on any atom is -0.478 e. The van der Waals surface area contributed by atoms with Gasteiger partial charge in [-0.2, -0.15) is 0 Å². The number of nitrogens with one attached hydrogen (secondary N) is 1. The lowest BCUT2D eigenvalue weighted by Gasteiger charge is -2.26. The molecule has 21 heavy (non-hydrogen) atoms. The predicted octanol–water partition coefficient (Wildman–Crippen LogP) is 4.01. The minimum atomic E-state index is -0.963. The summed E-state index contributed by atoms with van der Waals surface area (Å²) in [4.78, 5) is 10.9. The monoisotopic (exact) mass is 301 g/mol. The molecule has 0 aliphatic heterocycles. The van der Waals surface area contributed by atoms with Crippen molar-refractivity contribution < 1.29 is 9.90 Å². The van der Waals surface area contributed by atoms with E-state index in [4.69, 9.17) is 16.7 Å². The largest absolute Gasteiger partial charge is 0.478 e. The van der Waals surface area contributed by atoms with Crippen LogP contribution in [0.15, 0.2) is 42.5 Å².